The van der Waals surface area contributed by atoms with Gasteiger partial charge in [-0.3, -0.25) is 4.99 Å². The molecule has 2 atom stereocenters. The Bertz CT molecular complexity index is 261. The van der Waals surface area contributed by atoms with Crippen LogP contribution in [0.5, 0.6) is 0 Å². The Labute approximate surface area is 94.7 Å². The minimum absolute atomic E-state index is 0.446. The van der Waals surface area contributed by atoms with E-state index in [1.54, 1.807) is 0 Å². The van der Waals surface area contributed by atoms with Crippen LogP contribution in [0.2, 0.25) is 0 Å². The summed E-state index contributed by atoms with van der Waals surface area (Å²) in [4.78, 5) is 4.39. The molecule has 1 aliphatic rings. The van der Waals surface area contributed by atoms with E-state index in [0.717, 1.165) is 6.42 Å². The van der Waals surface area contributed by atoms with Crippen molar-refractivity contribution in [1.29, 1.82) is 0 Å². The standard InChI is InChI=1S/C14H25N/c1-6-12-9-15-10-13(11(12)3)8-14(4,5)7-2/h9-11,13H,6-8H2,1-5H3. The molecule has 0 aromatic heterocycles. The summed E-state index contributed by atoms with van der Waals surface area (Å²) in [7, 11) is 0. The van der Waals surface area contributed by atoms with E-state index in [4.69, 9.17) is 0 Å². The summed E-state index contributed by atoms with van der Waals surface area (Å²) in [6.45, 7) is 11.6. The predicted molar refractivity (Wildman–Crippen MR) is 68.2 cm³/mol. The highest BCUT2D eigenvalue weighted by atomic mass is 14.7. The van der Waals surface area contributed by atoms with Crippen LogP contribution in [-0.2, 0) is 0 Å². The fraction of sp³-hybridized carbons (Fsp3) is 0.786. The van der Waals surface area contributed by atoms with Gasteiger partial charge in [0.15, 0.2) is 0 Å². The molecule has 0 aromatic carbocycles. The lowest BCUT2D eigenvalue weighted by molar-refractivity contribution is 0.265. The third-order valence-corrected chi connectivity index (χ3v) is 3.90. The fourth-order valence-electron chi connectivity index (χ4n) is 2.20. The van der Waals surface area contributed by atoms with Crippen molar-refractivity contribution in [3.05, 3.63) is 11.8 Å². The SMILES string of the molecule is CCC1=CN=CC(CC(C)(C)CC)C1C. The van der Waals surface area contributed by atoms with E-state index in [-0.39, 0.29) is 0 Å². The maximum atomic E-state index is 4.39. The van der Waals surface area contributed by atoms with Crippen LogP contribution in [-0.4, -0.2) is 6.21 Å². The van der Waals surface area contributed by atoms with Gasteiger partial charge in [0.1, 0.15) is 0 Å². The molecule has 0 aromatic rings. The van der Waals surface area contributed by atoms with E-state index in [2.05, 4.69) is 52.0 Å². The molecule has 0 fully saturated rings. The van der Waals surface area contributed by atoms with Crippen molar-refractivity contribution in [2.24, 2.45) is 22.2 Å². The monoisotopic (exact) mass is 207 g/mol. The average molecular weight is 207 g/mol. The number of aliphatic imine (C=N–C) groups is 1. The van der Waals surface area contributed by atoms with E-state index < -0.39 is 0 Å². The van der Waals surface area contributed by atoms with Crippen LogP contribution in [0.15, 0.2) is 16.8 Å². The van der Waals surface area contributed by atoms with E-state index >= 15 is 0 Å². The van der Waals surface area contributed by atoms with Gasteiger partial charge in [0.25, 0.3) is 0 Å². The van der Waals surface area contributed by atoms with E-state index in [0.29, 0.717) is 17.3 Å². The first-order valence-electron chi connectivity index (χ1n) is 6.22. The predicted octanol–water partition coefficient (Wildman–Crippen LogP) is 4.44. The quantitative estimate of drug-likeness (QED) is 0.646. The molecule has 0 N–H and O–H groups in total. The van der Waals surface area contributed by atoms with Gasteiger partial charge in [-0.05, 0) is 29.7 Å². The summed E-state index contributed by atoms with van der Waals surface area (Å²) in [6.07, 6.45) is 7.85. The van der Waals surface area contributed by atoms with Crippen LogP contribution in [0.25, 0.3) is 0 Å². The van der Waals surface area contributed by atoms with E-state index in [1.165, 1.54) is 18.4 Å². The first-order valence-corrected chi connectivity index (χ1v) is 6.22. The second-order valence-electron chi connectivity index (χ2n) is 5.53. The highest BCUT2D eigenvalue weighted by Crippen LogP contribution is 2.36. The van der Waals surface area contributed by atoms with Crippen LogP contribution >= 0.6 is 0 Å². The summed E-state index contributed by atoms with van der Waals surface area (Å²) < 4.78 is 0. The van der Waals surface area contributed by atoms with Crippen molar-refractivity contribution in [3.63, 3.8) is 0 Å². The molecule has 15 heavy (non-hydrogen) atoms. The summed E-state index contributed by atoms with van der Waals surface area (Å²) >= 11 is 0. The normalized spacial score (nSPS) is 26.6. The van der Waals surface area contributed by atoms with Crippen LogP contribution in [0.1, 0.15) is 53.9 Å². The van der Waals surface area contributed by atoms with Gasteiger partial charge in [-0.25, -0.2) is 0 Å². The van der Waals surface area contributed by atoms with Crippen molar-refractivity contribution in [3.8, 4) is 0 Å². The van der Waals surface area contributed by atoms with Crippen molar-refractivity contribution in [1.82, 2.24) is 0 Å². The Kier molecular flexibility index (Phi) is 4.12. The first-order chi connectivity index (χ1) is 7.00. The van der Waals surface area contributed by atoms with E-state index in [1.807, 2.05) is 0 Å². The molecular formula is C14H25N. The molecule has 0 bridgehead atoms. The summed E-state index contributed by atoms with van der Waals surface area (Å²) in [5, 5.41) is 0. The number of allylic oxidation sites excluding steroid dienone is 1. The van der Waals surface area contributed by atoms with Crippen LogP contribution < -0.4 is 0 Å². The highest BCUT2D eigenvalue weighted by Gasteiger charge is 2.27. The third-order valence-electron chi connectivity index (χ3n) is 3.90. The maximum Gasteiger partial charge on any atom is 0.0258 e. The second-order valence-corrected chi connectivity index (χ2v) is 5.53. The molecule has 86 valence electrons. The van der Waals surface area contributed by atoms with Gasteiger partial charge in [0.2, 0.25) is 0 Å². The van der Waals surface area contributed by atoms with Gasteiger partial charge in [-0.15, -0.1) is 0 Å². The molecule has 1 aliphatic heterocycles. The van der Waals surface area contributed by atoms with Gasteiger partial charge < -0.3 is 0 Å². The highest BCUT2D eigenvalue weighted by molar-refractivity contribution is 5.64. The Morgan fingerprint density at radius 3 is 2.53 bits per heavy atom. The lowest BCUT2D eigenvalue weighted by atomic mass is 9.74. The molecule has 0 spiro atoms. The molecule has 0 saturated carbocycles. The molecule has 0 radical (unpaired) electrons. The number of nitrogens with zero attached hydrogens (tertiary/aromatic N) is 1. The van der Waals surface area contributed by atoms with E-state index in [9.17, 15) is 0 Å². The zero-order chi connectivity index (χ0) is 11.5. The summed E-state index contributed by atoms with van der Waals surface area (Å²) in [5.41, 5.74) is 1.95. The Balaban J connectivity index is 2.66. The Morgan fingerprint density at radius 2 is 2.00 bits per heavy atom. The molecule has 1 heterocycles. The van der Waals surface area contributed by atoms with Gasteiger partial charge in [-0.1, -0.05) is 41.0 Å². The fourth-order valence-corrected chi connectivity index (χ4v) is 2.20. The minimum Gasteiger partial charge on any atom is -0.269 e. The molecule has 1 nitrogen and oxygen atoms in total. The molecule has 1 heteroatoms. The smallest absolute Gasteiger partial charge is 0.0258 e. The molecule has 0 amide bonds. The molecule has 1 rings (SSSR count). The topological polar surface area (TPSA) is 12.4 Å². The average Bonchev–Trinajstić information content (AvgIpc) is 2.21. The number of rotatable bonds is 4. The second kappa shape index (κ2) is 4.96. The summed E-state index contributed by atoms with van der Waals surface area (Å²) in [5.74, 6) is 1.32. The molecule has 0 aliphatic carbocycles. The van der Waals surface area contributed by atoms with Crippen molar-refractivity contribution in [2.75, 3.05) is 0 Å². The van der Waals surface area contributed by atoms with Gasteiger partial charge in [0.05, 0.1) is 0 Å². The largest absolute Gasteiger partial charge is 0.269 e. The maximum absolute atomic E-state index is 4.39. The van der Waals surface area contributed by atoms with Crippen molar-refractivity contribution >= 4 is 6.21 Å². The zero-order valence-corrected chi connectivity index (χ0v) is 10.9. The third kappa shape index (κ3) is 3.19. The van der Waals surface area contributed by atoms with Gasteiger partial charge in [-0.2, -0.15) is 0 Å². The van der Waals surface area contributed by atoms with Crippen molar-refractivity contribution in [2.45, 2.75) is 53.9 Å². The zero-order valence-electron chi connectivity index (χ0n) is 10.9. The van der Waals surface area contributed by atoms with Crippen molar-refractivity contribution < 1.29 is 0 Å². The Hall–Kier alpha value is -0.590. The first kappa shape index (κ1) is 12.5. The summed E-state index contributed by atoms with van der Waals surface area (Å²) in [6, 6.07) is 0. The molecular weight excluding hydrogens is 182 g/mol. The Morgan fingerprint density at radius 1 is 1.33 bits per heavy atom. The van der Waals surface area contributed by atoms with Crippen LogP contribution in [0.3, 0.4) is 0 Å². The number of hydrogen-bond acceptors (Lipinski definition) is 1. The lowest BCUT2D eigenvalue weighted by Crippen LogP contribution is -2.24. The molecule has 0 saturated heterocycles. The van der Waals surface area contributed by atoms with Crippen LogP contribution in [0, 0.1) is 17.3 Å². The number of hydrogen-bond donors (Lipinski definition) is 0. The van der Waals surface area contributed by atoms with Gasteiger partial charge >= 0.3 is 0 Å². The lowest BCUT2D eigenvalue weighted by Gasteiger charge is -2.32. The van der Waals surface area contributed by atoms with Gasteiger partial charge in [0, 0.05) is 18.3 Å². The van der Waals surface area contributed by atoms with Crippen LogP contribution in [0.4, 0.5) is 0 Å². The molecule has 2 unspecified atom stereocenters. The minimum atomic E-state index is 0.446.